The first-order valence-corrected chi connectivity index (χ1v) is 6.20. The zero-order chi connectivity index (χ0) is 13.0. The fourth-order valence-corrected chi connectivity index (χ4v) is 2.28. The number of halogens is 1. The topological polar surface area (TPSA) is 45.0 Å². The minimum absolute atomic E-state index is 0.173. The van der Waals surface area contributed by atoms with E-state index in [4.69, 9.17) is 4.74 Å². The van der Waals surface area contributed by atoms with E-state index in [0.717, 1.165) is 25.0 Å². The van der Waals surface area contributed by atoms with Crippen molar-refractivity contribution in [3.63, 3.8) is 0 Å². The van der Waals surface area contributed by atoms with Crippen molar-refractivity contribution in [2.45, 2.75) is 25.8 Å². The minimum atomic E-state index is -0.327. The second kappa shape index (κ2) is 5.83. The third-order valence-corrected chi connectivity index (χ3v) is 3.17. The summed E-state index contributed by atoms with van der Waals surface area (Å²) in [5, 5.41) is 12.3. The highest BCUT2D eigenvalue weighted by Crippen LogP contribution is 2.21. The van der Waals surface area contributed by atoms with E-state index >= 15 is 0 Å². The third kappa shape index (κ3) is 3.21. The maximum absolute atomic E-state index is 13.3. The molecule has 1 N–H and O–H groups in total. The van der Waals surface area contributed by atoms with Crippen molar-refractivity contribution >= 4 is 5.69 Å². The molecule has 0 bridgehead atoms. The largest absolute Gasteiger partial charge is 0.381 e. The lowest BCUT2D eigenvalue weighted by Crippen LogP contribution is -2.33. The lowest BCUT2D eigenvalue weighted by atomic mass is 9.94. The summed E-state index contributed by atoms with van der Waals surface area (Å²) in [6.45, 7) is 3.20. The van der Waals surface area contributed by atoms with E-state index in [9.17, 15) is 9.65 Å². The Labute approximate surface area is 107 Å². The average Bonchev–Trinajstić information content (AvgIpc) is 2.36. The summed E-state index contributed by atoms with van der Waals surface area (Å²) in [6, 6.07) is 6.65. The van der Waals surface area contributed by atoms with E-state index in [1.807, 2.05) is 13.0 Å². The first-order chi connectivity index (χ1) is 8.69. The van der Waals surface area contributed by atoms with E-state index in [-0.39, 0.29) is 17.8 Å². The first-order valence-electron chi connectivity index (χ1n) is 6.20. The molecule has 1 heterocycles. The lowest BCUT2D eigenvalue weighted by Gasteiger charge is -2.27. The Hall–Kier alpha value is -1.60. The second-order valence-electron chi connectivity index (χ2n) is 4.75. The highest BCUT2D eigenvalue weighted by molar-refractivity contribution is 5.48. The Morgan fingerprint density at radius 3 is 2.94 bits per heavy atom. The van der Waals surface area contributed by atoms with Crippen LogP contribution in [0.25, 0.3) is 0 Å². The van der Waals surface area contributed by atoms with E-state index in [1.54, 1.807) is 0 Å². The molecule has 1 aliphatic heterocycles. The molecule has 1 aromatic carbocycles. The normalized spacial score (nSPS) is 21.1. The molecule has 18 heavy (non-hydrogen) atoms. The van der Waals surface area contributed by atoms with Crippen molar-refractivity contribution < 1.29 is 9.13 Å². The molecule has 2 rings (SSSR count). The van der Waals surface area contributed by atoms with Gasteiger partial charge in [0.15, 0.2) is 0 Å². The van der Waals surface area contributed by atoms with Gasteiger partial charge in [-0.2, -0.15) is 5.26 Å². The summed E-state index contributed by atoms with van der Waals surface area (Å²) in [6.07, 6.45) is 1.95. The predicted molar refractivity (Wildman–Crippen MR) is 67.7 cm³/mol. The number of nitriles is 1. The fraction of sp³-hybridized carbons (Fsp3) is 0.500. The van der Waals surface area contributed by atoms with Gasteiger partial charge in [-0.25, -0.2) is 4.39 Å². The third-order valence-electron chi connectivity index (χ3n) is 3.17. The summed E-state index contributed by atoms with van der Waals surface area (Å²) >= 11 is 0. The number of anilines is 1. The summed E-state index contributed by atoms with van der Waals surface area (Å²) in [7, 11) is 0. The molecule has 1 fully saturated rings. The first kappa shape index (κ1) is 12.8. The molecule has 1 saturated heterocycles. The molecule has 3 nitrogen and oxygen atoms in total. The zero-order valence-corrected chi connectivity index (χ0v) is 10.4. The summed E-state index contributed by atoms with van der Waals surface area (Å²) in [5.74, 6) is -0.110. The average molecular weight is 248 g/mol. The van der Waals surface area contributed by atoms with Gasteiger partial charge in [0, 0.05) is 18.2 Å². The van der Waals surface area contributed by atoms with Gasteiger partial charge in [0.1, 0.15) is 11.9 Å². The predicted octanol–water partition coefficient (Wildman–Crippen LogP) is 2.86. The van der Waals surface area contributed by atoms with E-state index in [2.05, 4.69) is 11.4 Å². The Morgan fingerprint density at radius 2 is 2.33 bits per heavy atom. The van der Waals surface area contributed by atoms with Crippen LogP contribution in [0.4, 0.5) is 10.1 Å². The van der Waals surface area contributed by atoms with Crippen LogP contribution in [0.2, 0.25) is 0 Å². The quantitative estimate of drug-likeness (QED) is 0.894. The molecule has 0 aromatic heterocycles. The zero-order valence-electron chi connectivity index (χ0n) is 10.4. The number of nitrogens with zero attached hydrogens (tertiary/aromatic N) is 1. The number of nitrogens with one attached hydrogen (secondary N) is 1. The van der Waals surface area contributed by atoms with Crippen molar-refractivity contribution in [2.75, 3.05) is 18.5 Å². The highest BCUT2D eigenvalue weighted by Gasteiger charge is 2.24. The van der Waals surface area contributed by atoms with Gasteiger partial charge in [0.2, 0.25) is 0 Å². The van der Waals surface area contributed by atoms with Crippen LogP contribution in [-0.2, 0) is 4.74 Å². The Morgan fingerprint density at radius 1 is 1.50 bits per heavy atom. The molecular weight excluding hydrogens is 231 g/mol. The molecule has 0 amide bonds. The number of hydrogen-bond donors (Lipinski definition) is 1. The second-order valence-corrected chi connectivity index (χ2v) is 4.75. The smallest absolute Gasteiger partial charge is 0.125 e. The van der Waals surface area contributed by atoms with E-state index < -0.39 is 0 Å². The molecule has 0 spiro atoms. The van der Waals surface area contributed by atoms with Crippen LogP contribution in [0, 0.1) is 30.0 Å². The van der Waals surface area contributed by atoms with Crippen LogP contribution in [0.5, 0.6) is 0 Å². The maximum Gasteiger partial charge on any atom is 0.125 e. The summed E-state index contributed by atoms with van der Waals surface area (Å²) in [5.41, 5.74) is 1.50. The van der Waals surface area contributed by atoms with Crippen LogP contribution >= 0.6 is 0 Å². The molecule has 0 saturated carbocycles. The Balaban J connectivity index is 2.07. The maximum atomic E-state index is 13.3. The highest BCUT2D eigenvalue weighted by atomic mass is 19.1. The molecule has 4 heteroatoms. The Kier molecular flexibility index (Phi) is 4.16. The number of benzene rings is 1. The van der Waals surface area contributed by atoms with Gasteiger partial charge in [0.25, 0.3) is 0 Å². The molecule has 2 unspecified atom stereocenters. The van der Waals surface area contributed by atoms with Crippen LogP contribution in [0.15, 0.2) is 18.2 Å². The van der Waals surface area contributed by atoms with Gasteiger partial charge in [-0.3, -0.25) is 0 Å². The van der Waals surface area contributed by atoms with Crippen molar-refractivity contribution in [2.24, 2.45) is 5.92 Å². The van der Waals surface area contributed by atoms with Gasteiger partial charge >= 0.3 is 0 Å². The number of aryl methyl sites for hydroxylation is 1. The lowest BCUT2D eigenvalue weighted by molar-refractivity contribution is 0.0532. The van der Waals surface area contributed by atoms with Gasteiger partial charge in [-0.15, -0.1) is 0 Å². The SMILES string of the molecule is Cc1cc(F)cc(NC(C#N)C2CCCOC2)c1. The Bertz CT molecular complexity index is 429. The molecule has 96 valence electrons. The number of hydrogen-bond acceptors (Lipinski definition) is 3. The molecule has 2 atom stereocenters. The fourth-order valence-electron chi connectivity index (χ4n) is 2.28. The monoisotopic (exact) mass is 248 g/mol. The van der Waals surface area contributed by atoms with Crippen LogP contribution in [0.3, 0.4) is 0 Å². The van der Waals surface area contributed by atoms with Gasteiger partial charge < -0.3 is 10.1 Å². The van der Waals surface area contributed by atoms with Gasteiger partial charge in [-0.1, -0.05) is 0 Å². The van der Waals surface area contributed by atoms with Crippen LogP contribution < -0.4 is 5.32 Å². The molecule has 0 aliphatic carbocycles. The van der Waals surface area contributed by atoms with Crippen molar-refractivity contribution in [1.82, 2.24) is 0 Å². The standard InChI is InChI=1S/C14H17FN2O/c1-10-5-12(15)7-13(6-10)17-14(8-16)11-3-2-4-18-9-11/h5-7,11,14,17H,2-4,9H2,1H3. The van der Waals surface area contributed by atoms with Crippen LogP contribution in [0.1, 0.15) is 18.4 Å². The van der Waals surface area contributed by atoms with Crippen molar-refractivity contribution in [3.8, 4) is 6.07 Å². The van der Waals surface area contributed by atoms with E-state index in [0.29, 0.717) is 12.3 Å². The van der Waals surface area contributed by atoms with Gasteiger partial charge in [-0.05, 0) is 43.5 Å². The molecule has 1 aliphatic rings. The number of rotatable bonds is 3. The molecular formula is C14H17FN2O. The summed E-state index contributed by atoms with van der Waals surface area (Å²) < 4.78 is 18.7. The van der Waals surface area contributed by atoms with E-state index in [1.165, 1.54) is 12.1 Å². The van der Waals surface area contributed by atoms with Crippen molar-refractivity contribution in [1.29, 1.82) is 5.26 Å². The van der Waals surface area contributed by atoms with Crippen molar-refractivity contribution in [3.05, 3.63) is 29.6 Å². The molecule has 1 aromatic rings. The number of ether oxygens (including phenoxy) is 1. The molecule has 0 radical (unpaired) electrons. The summed E-state index contributed by atoms with van der Waals surface area (Å²) in [4.78, 5) is 0. The van der Waals surface area contributed by atoms with Crippen LogP contribution in [-0.4, -0.2) is 19.3 Å². The van der Waals surface area contributed by atoms with Gasteiger partial charge in [0.05, 0.1) is 12.7 Å². The minimum Gasteiger partial charge on any atom is -0.381 e.